The normalized spacial score (nSPS) is 11.7. The highest BCUT2D eigenvalue weighted by molar-refractivity contribution is 6.10. The van der Waals surface area contributed by atoms with Crippen LogP contribution in [0.4, 0.5) is 13.2 Å². The van der Waals surface area contributed by atoms with E-state index in [1.165, 1.54) is 12.1 Å². The second-order valence-corrected chi connectivity index (χ2v) is 12.8. The fraction of sp³-hybridized carbons (Fsp3) is 0.0217. The number of alkyl halides is 3. The summed E-state index contributed by atoms with van der Waals surface area (Å²) in [7, 11) is 0. The zero-order valence-corrected chi connectivity index (χ0v) is 28.2. The first-order chi connectivity index (χ1) is 25.9. The van der Waals surface area contributed by atoms with Crippen LogP contribution in [0.5, 0.6) is 0 Å². The molecule has 0 atom stereocenters. The average molecular weight is 695 g/mol. The molecule has 9 rings (SSSR count). The van der Waals surface area contributed by atoms with Crippen LogP contribution in [0.1, 0.15) is 5.56 Å². The van der Waals surface area contributed by atoms with Gasteiger partial charge in [-0.15, -0.1) is 0 Å². The lowest BCUT2D eigenvalue weighted by atomic mass is 9.96. The van der Waals surface area contributed by atoms with Crippen molar-refractivity contribution in [2.45, 2.75) is 6.18 Å². The molecule has 4 nitrogen and oxygen atoms in total. The molecule has 0 unspecified atom stereocenters. The molecule has 0 fully saturated rings. The third kappa shape index (κ3) is 5.92. The molecule has 2 heterocycles. The molecule has 0 saturated carbocycles. The Bertz CT molecular complexity index is 2700. The minimum Gasteiger partial charge on any atom is -0.308 e. The highest BCUT2D eigenvalue weighted by Crippen LogP contribution is 2.42. The van der Waals surface area contributed by atoms with Crippen molar-refractivity contribution >= 4 is 21.8 Å². The molecule has 9 aromatic rings. The first-order valence-electron chi connectivity index (χ1n) is 17.2. The predicted molar refractivity (Wildman–Crippen MR) is 206 cm³/mol. The van der Waals surface area contributed by atoms with Gasteiger partial charge in [-0.3, -0.25) is 0 Å². The van der Waals surface area contributed by atoms with Crippen LogP contribution in [-0.2, 0) is 6.18 Å². The Kier molecular flexibility index (Phi) is 7.89. The summed E-state index contributed by atoms with van der Waals surface area (Å²) in [6.07, 6.45) is -4.55. The SMILES string of the molecule is FC(F)(F)c1ccccc1-c1ccc(-c2nc(-c3ccccc3)nc(-c3ccccc3)n2)c(-n2c3ccccc3c3ccc(-c4ccccc4)cc32)c1. The van der Waals surface area contributed by atoms with Gasteiger partial charge in [0.2, 0.25) is 0 Å². The van der Waals surface area contributed by atoms with E-state index < -0.39 is 11.7 Å². The fourth-order valence-corrected chi connectivity index (χ4v) is 7.02. The number of para-hydroxylation sites is 1. The highest BCUT2D eigenvalue weighted by atomic mass is 19.4. The lowest BCUT2D eigenvalue weighted by Gasteiger charge is -2.18. The van der Waals surface area contributed by atoms with Crippen LogP contribution in [-0.4, -0.2) is 19.5 Å². The molecule has 0 aliphatic carbocycles. The van der Waals surface area contributed by atoms with E-state index in [0.717, 1.165) is 50.1 Å². The summed E-state index contributed by atoms with van der Waals surface area (Å²) in [5.74, 6) is 1.37. The van der Waals surface area contributed by atoms with E-state index >= 15 is 0 Å². The number of hydrogen-bond donors (Lipinski definition) is 0. The summed E-state index contributed by atoms with van der Waals surface area (Å²) < 4.78 is 45.5. The van der Waals surface area contributed by atoms with Crippen LogP contribution in [0, 0.1) is 0 Å². The molecule has 2 aromatic heterocycles. The minimum atomic E-state index is -4.55. The van der Waals surface area contributed by atoms with E-state index in [-0.39, 0.29) is 5.56 Å². The van der Waals surface area contributed by atoms with Gasteiger partial charge in [-0.2, -0.15) is 13.2 Å². The Labute approximate surface area is 303 Å². The van der Waals surface area contributed by atoms with E-state index in [4.69, 9.17) is 15.0 Å². The predicted octanol–water partition coefficient (Wildman–Crippen LogP) is 12.3. The van der Waals surface area contributed by atoms with Crippen LogP contribution in [0.15, 0.2) is 176 Å². The van der Waals surface area contributed by atoms with Gasteiger partial charge in [0, 0.05) is 27.5 Å². The molecule has 0 saturated heterocycles. The van der Waals surface area contributed by atoms with E-state index in [1.807, 2.05) is 109 Å². The van der Waals surface area contributed by atoms with Crippen LogP contribution in [0.2, 0.25) is 0 Å². The van der Waals surface area contributed by atoms with Gasteiger partial charge in [0.1, 0.15) is 0 Å². The van der Waals surface area contributed by atoms with Gasteiger partial charge in [0.15, 0.2) is 17.5 Å². The number of nitrogens with zero attached hydrogens (tertiary/aromatic N) is 4. The van der Waals surface area contributed by atoms with Crippen molar-refractivity contribution in [3.8, 4) is 62.1 Å². The van der Waals surface area contributed by atoms with Crippen molar-refractivity contribution in [3.63, 3.8) is 0 Å². The molecule has 0 spiro atoms. The van der Waals surface area contributed by atoms with Crippen molar-refractivity contribution in [1.29, 1.82) is 0 Å². The maximum Gasteiger partial charge on any atom is 0.417 e. The summed E-state index contributed by atoms with van der Waals surface area (Å²) in [5.41, 5.74) is 6.58. The molecule has 0 radical (unpaired) electrons. The summed E-state index contributed by atoms with van der Waals surface area (Å²) in [6, 6.07) is 55.0. The zero-order chi connectivity index (χ0) is 35.9. The maximum atomic E-state index is 14.5. The second-order valence-electron chi connectivity index (χ2n) is 12.8. The van der Waals surface area contributed by atoms with E-state index in [1.54, 1.807) is 12.1 Å². The van der Waals surface area contributed by atoms with Crippen molar-refractivity contribution < 1.29 is 13.2 Å². The Hall–Kier alpha value is -6.86. The van der Waals surface area contributed by atoms with Crippen LogP contribution >= 0.6 is 0 Å². The number of benzene rings is 7. The summed E-state index contributed by atoms with van der Waals surface area (Å²) in [6.45, 7) is 0. The molecular weight excluding hydrogens is 666 g/mol. The van der Waals surface area contributed by atoms with Gasteiger partial charge in [-0.25, -0.2) is 15.0 Å². The van der Waals surface area contributed by atoms with Crippen molar-refractivity contribution in [1.82, 2.24) is 19.5 Å². The minimum absolute atomic E-state index is 0.0872. The molecule has 254 valence electrons. The first-order valence-corrected chi connectivity index (χ1v) is 17.2. The third-order valence-electron chi connectivity index (χ3n) is 9.50. The van der Waals surface area contributed by atoms with Gasteiger partial charge >= 0.3 is 6.18 Å². The van der Waals surface area contributed by atoms with Crippen LogP contribution < -0.4 is 0 Å². The van der Waals surface area contributed by atoms with E-state index in [2.05, 4.69) is 41.0 Å². The fourth-order valence-electron chi connectivity index (χ4n) is 7.02. The van der Waals surface area contributed by atoms with E-state index in [9.17, 15) is 13.2 Å². The van der Waals surface area contributed by atoms with Gasteiger partial charge in [0.25, 0.3) is 0 Å². The lowest BCUT2D eigenvalue weighted by molar-refractivity contribution is -0.137. The van der Waals surface area contributed by atoms with Gasteiger partial charge in [-0.1, -0.05) is 146 Å². The summed E-state index contributed by atoms with van der Waals surface area (Å²) in [5, 5.41) is 2.03. The standard InChI is InChI=1S/C46H29F3N4/c47-46(48,49)39-22-12-10-20-35(39)34-25-27-38(45-51-43(31-16-6-2-7-17-31)50-44(52-45)32-18-8-3-9-19-32)42(29-34)53-40-23-13-11-21-36(40)37-26-24-33(28-41(37)53)30-14-4-1-5-15-30/h1-29H. The monoisotopic (exact) mass is 694 g/mol. The molecule has 7 aromatic carbocycles. The molecular formula is C46H29F3N4. The molecule has 0 bridgehead atoms. The quantitative estimate of drug-likeness (QED) is 0.174. The molecule has 0 aliphatic rings. The molecule has 0 N–H and O–H groups in total. The number of hydrogen-bond acceptors (Lipinski definition) is 3. The average Bonchev–Trinajstić information content (AvgIpc) is 3.54. The van der Waals surface area contributed by atoms with Crippen molar-refractivity contribution in [2.24, 2.45) is 0 Å². The van der Waals surface area contributed by atoms with Crippen molar-refractivity contribution in [3.05, 3.63) is 181 Å². The van der Waals surface area contributed by atoms with Gasteiger partial charge < -0.3 is 4.57 Å². The number of aromatic nitrogens is 4. The number of rotatable bonds is 6. The number of halogens is 3. The molecule has 7 heteroatoms. The molecule has 0 aliphatic heterocycles. The van der Waals surface area contributed by atoms with Gasteiger partial charge in [-0.05, 0) is 52.6 Å². The zero-order valence-electron chi connectivity index (χ0n) is 28.2. The molecule has 53 heavy (non-hydrogen) atoms. The Balaban J connectivity index is 1.38. The second kappa shape index (κ2) is 13.0. The Morgan fingerprint density at radius 1 is 0.377 bits per heavy atom. The lowest BCUT2D eigenvalue weighted by Crippen LogP contribution is -2.07. The topological polar surface area (TPSA) is 43.6 Å². The third-order valence-corrected chi connectivity index (χ3v) is 9.50. The highest BCUT2D eigenvalue weighted by Gasteiger charge is 2.33. The Morgan fingerprint density at radius 2 is 0.906 bits per heavy atom. The largest absolute Gasteiger partial charge is 0.417 e. The number of fused-ring (bicyclic) bond motifs is 3. The maximum absolute atomic E-state index is 14.5. The van der Waals surface area contributed by atoms with Gasteiger partial charge in [0.05, 0.1) is 22.3 Å². The van der Waals surface area contributed by atoms with Crippen molar-refractivity contribution in [2.75, 3.05) is 0 Å². The smallest absolute Gasteiger partial charge is 0.308 e. The molecule has 0 amide bonds. The van der Waals surface area contributed by atoms with Crippen LogP contribution in [0.3, 0.4) is 0 Å². The summed E-state index contributed by atoms with van der Waals surface area (Å²) >= 11 is 0. The van der Waals surface area contributed by atoms with Crippen LogP contribution in [0.25, 0.3) is 83.9 Å². The van der Waals surface area contributed by atoms with E-state index in [0.29, 0.717) is 34.3 Å². The Morgan fingerprint density at radius 3 is 1.57 bits per heavy atom. The summed E-state index contributed by atoms with van der Waals surface area (Å²) in [4.78, 5) is 15.0. The first kappa shape index (κ1) is 32.1.